The van der Waals surface area contributed by atoms with Gasteiger partial charge in [0, 0.05) is 25.7 Å². The Balaban J connectivity index is 2.13. The molecule has 0 saturated carbocycles. The molecule has 1 unspecified atom stereocenters. The first-order valence-electron chi connectivity index (χ1n) is 7.02. The maximum Gasteiger partial charge on any atom is 0.408 e. The lowest BCUT2D eigenvalue weighted by Crippen LogP contribution is -2.36. The highest BCUT2D eigenvalue weighted by atomic mass is 16.6. The van der Waals surface area contributed by atoms with Crippen molar-refractivity contribution < 1.29 is 13.9 Å². The Morgan fingerprint density at radius 2 is 2.18 bits per heavy atom. The molecule has 7 heteroatoms. The summed E-state index contributed by atoms with van der Waals surface area (Å²) in [6, 6.07) is 3.28. The smallest absolute Gasteiger partial charge is 0.408 e. The zero-order chi connectivity index (χ0) is 16.2. The van der Waals surface area contributed by atoms with E-state index < -0.39 is 17.7 Å². The maximum absolute atomic E-state index is 12.0. The molecule has 0 spiro atoms. The third-order valence-electron chi connectivity index (χ3n) is 2.69. The SMILES string of the molecule is Cc1nnc(C(Cc2cccnc2)NC(=O)OC(C)(C)C)o1. The zero-order valence-corrected chi connectivity index (χ0v) is 13.2. The highest BCUT2D eigenvalue weighted by Crippen LogP contribution is 2.18. The summed E-state index contributed by atoms with van der Waals surface area (Å²) >= 11 is 0. The van der Waals surface area contributed by atoms with Gasteiger partial charge in [0.25, 0.3) is 0 Å². The summed E-state index contributed by atoms with van der Waals surface area (Å²) in [5.41, 5.74) is 0.368. The van der Waals surface area contributed by atoms with Gasteiger partial charge < -0.3 is 14.5 Å². The Kier molecular flexibility index (Phi) is 4.75. The number of pyridine rings is 1. The Hall–Kier alpha value is -2.44. The monoisotopic (exact) mass is 304 g/mol. The van der Waals surface area contributed by atoms with Gasteiger partial charge in [-0.15, -0.1) is 10.2 Å². The third kappa shape index (κ3) is 4.83. The average Bonchev–Trinajstić information content (AvgIpc) is 2.84. The molecule has 2 heterocycles. The molecule has 0 aromatic carbocycles. The van der Waals surface area contributed by atoms with Crippen molar-refractivity contribution in [1.82, 2.24) is 20.5 Å². The van der Waals surface area contributed by atoms with E-state index in [1.165, 1.54) is 0 Å². The molecular formula is C15H20N4O3. The van der Waals surface area contributed by atoms with E-state index in [1.807, 2.05) is 12.1 Å². The lowest BCUT2D eigenvalue weighted by Gasteiger charge is -2.22. The number of alkyl carbamates (subject to hydrolysis) is 1. The van der Waals surface area contributed by atoms with E-state index in [2.05, 4.69) is 20.5 Å². The summed E-state index contributed by atoms with van der Waals surface area (Å²) in [5, 5.41) is 10.6. The molecule has 0 aliphatic heterocycles. The fourth-order valence-corrected chi connectivity index (χ4v) is 1.86. The van der Waals surface area contributed by atoms with Crippen molar-refractivity contribution in [1.29, 1.82) is 0 Å². The van der Waals surface area contributed by atoms with Crippen LogP contribution < -0.4 is 5.32 Å². The van der Waals surface area contributed by atoms with Gasteiger partial charge in [-0.1, -0.05) is 6.07 Å². The third-order valence-corrected chi connectivity index (χ3v) is 2.69. The molecule has 2 aromatic rings. The van der Waals surface area contributed by atoms with Crippen LogP contribution in [-0.2, 0) is 11.2 Å². The molecule has 2 aromatic heterocycles. The average molecular weight is 304 g/mol. The van der Waals surface area contributed by atoms with Crippen molar-refractivity contribution in [2.24, 2.45) is 0 Å². The van der Waals surface area contributed by atoms with Crippen LogP contribution in [0.25, 0.3) is 0 Å². The molecule has 0 fully saturated rings. The van der Waals surface area contributed by atoms with E-state index in [9.17, 15) is 4.79 Å². The first kappa shape index (κ1) is 15.9. The molecule has 0 aliphatic rings. The zero-order valence-electron chi connectivity index (χ0n) is 13.2. The number of amides is 1. The molecule has 0 radical (unpaired) electrons. The predicted molar refractivity (Wildman–Crippen MR) is 79.1 cm³/mol. The van der Waals surface area contributed by atoms with Crippen molar-refractivity contribution >= 4 is 6.09 Å². The van der Waals surface area contributed by atoms with Gasteiger partial charge >= 0.3 is 6.09 Å². The molecule has 118 valence electrons. The van der Waals surface area contributed by atoms with Crippen LogP contribution in [0, 0.1) is 6.92 Å². The Morgan fingerprint density at radius 1 is 1.41 bits per heavy atom. The number of hydrogen-bond acceptors (Lipinski definition) is 6. The highest BCUT2D eigenvalue weighted by Gasteiger charge is 2.24. The molecule has 0 aliphatic carbocycles. The van der Waals surface area contributed by atoms with E-state index in [0.29, 0.717) is 18.2 Å². The topological polar surface area (TPSA) is 90.1 Å². The molecule has 1 atom stereocenters. The summed E-state index contributed by atoms with van der Waals surface area (Å²) < 4.78 is 10.7. The van der Waals surface area contributed by atoms with Crippen molar-refractivity contribution in [2.45, 2.75) is 45.8 Å². The summed E-state index contributed by atoms with van der Waals surface area (Å²) in [6.07, 6.45) is 3.37. The highest BCUT2D eigenvalue weighted by molar-refractivity contribution is 5.68. The van der Waals surface area contributed by atoms with E-state index in [1.54, 1.807) is 40.1 Å². The fourth-order valence-electron chi connectivity index (χ4n) is 1.86. The van der Waals surface area contributed by atoms with E-state index in [-0.39, 0.29) is 0 Å². The van der Waals surface area contributed by atoms with Gasteiger partial charge in [0.1, 0.15) is 11.6 Å². The van der Waals surface area contributed by atoms with Gasteiger partial charge in [-0.25, -0.2) is 4.79 Å². The van der Waals surface area contributed by atoms with Crippen molar-refractivity contribution in [3.05, 3.63) is 41.9 Å². The second-order valence-electron chi connectivity index (χ2n) is 5.92. The molecular weight excluding hydrogens is 284 g/mol. The van der Waals surface area contributed by atoms with Crippen LogP contribution in [0.4, 0.5) is 4.79 Å². The first-order valence-corrected chi connectivity index (χ1v) is 7.02. The summed E-state index contributed by atoms with van der Waals surface area (Å²) in [4.78, 5) is 16.1. The van der Waals surface area contributed by atoms with Gasteiger partial charge in [-0.2, -0.15) is 0 Å². The van der Waals surface area contributed by atoms with Gasteiger partial charge in [-0.05, 0) is 32.4 Å². The van der Waals surface area contributed by atoms with Gasteiger partial charge in [0.2, 0.25) is 11.8 Å². The van der Waals surface area contributed by atoms with Crippen LogP contribution >= 0.6 is 0 Å². The van der Waals surface area contributed by atoms with Crippen LogP contribution in [0.3, 0.4) is 0 Å². The molecule has 22 heavy (non-hydrogen) atoms. The summed E-state index contributed by atoms with van der Waals surface area (Å²) in [6.45, 7) is 7.11. The number of rotatable bonds is 4. The second kappa shape index (κ2) is 6.55. The Labute approximate surface area is 129 Å². The quantitative estimate of drug-likeness (QED) is 0.933. The van der Waals surface area contributed by atoms with Crippen molar-refractivity contribution in [3.63, 3.8) is 0 Å². The Morgan fingerprint density at radius 3 is 2.73 bits per heavy atom. The maximum atomic E-state index is 12.0. The van der Waals surface area contributed by atoms with Gasteiger partial charge in [0.05, 0.1) is 0 Å². The molecule has 0 saturated heterocycles. The molecule has 0 bridgehead atoms. The van der Waals surface area contributed by atoms with Crippen LogP contribution in [0.2, 0.25) is 0 Å². The van der Waals surface area contributed by atoms with Crippen molar-refractivity contribution in [3.8, 4) is 0 Å². The minimum atomic E-state index is -0.576. The number of carbonyl (C=O) groups is 1. The summed E-state index contributed by atoms with van der Waals surface area (Å²) in [5.74, 6) is 0.782. The van der Waals surface area contributed by atoms with Crippen LogP contribution in [0.5, 0.6) is 0 Å². The van der Waals surface area contributed by atoms with Gasteiger partial charge in [-0.3, -0.25) is 4.98 Å². The molecule has 1 N–H and O–H groups in total. The predicted octanol–water partition coefficient (Wildman–Crippen LogP) is 2.58. The Bertz CT molecular complexity index is 619. The fraction of sp³-hybridized carbons (Fsp3) is 0.467. The number of nitrogens with zero attached hydrogens (tertiary/aromatic N) is 3. The number of ether oxygens (including phenoxy) is 1. The van der Waals surface area contributed by atoms with Crippen LogP contribution in [-0.4, -0.2) is 26.9 Å². The lowest BCUT2D eigenvalue weighted by molar-refractivity contribution is 0.0495. The number of nitrogens with one attached hydrogen (secondary N) is 1. The number of hydrogen-bond donors (Lipinski definition) is 1. The standard InChI is InChI=1S/C15H20N4O3/c1-10-18-19-13(21-10)12(8-11-6-5-7-16-9-11)17-14(20)22-15(2,3)4/h5-7,9,12H,8H2,1-4H3,(H,17,20). The number of aromatic nitrogens is 3. The number of carbonyl (C=O) groups excluding carboxylic acids is 1. The minimum absolute atomic E-state index is 0.340. The van der Waals surface area contributed by atoms with Crippen LogP contribution in [0.15, 0.2) is 28.9 Å². The van der Waals surface area contributed by atoms with E-state index in [0.717, 1.165) is 5.56 Å². The van der Waals surface area contributed by atoms with E-state index in [4.69, 9.17) is 9.15 Å². The molecule has 1 amide bonds. The summed E-state index contributed by atoms with van der Waals surface area (Å²) in [7, 11) is 0. The molecule has 2 rings (SSSR count). The normalized spacial score (nSPS) is 12.7. The van der Waals surface area contributed by atoms with Gasteiger partial charge in [0.15, 0.2) is 0 Å². The largest absolute Gasteiger partial charge is 0.444 e. The first-order chi connectivity index (χ1) is 10.3. The minimum Gasteiger partial charge on any atom is -0.444 e. The molecule has 7 nitrogen and oxygen atoms in total. The second-order valence-corrected chi connectivity index (χ2v) is 5.92. The van der Waals surface area contributed by atoms with Crippen molar-refractivity contribution in [2.75, 3.05) is 0 Å². The lowest BCUT2D eigenvalue weighted by atomic mass is 10.1. The van der Waals surface area contributed by atoms with E-state index >= 15 is 0 Å². The number of aryl methyl sites for hydroxylation is 1. The van der Waals surface area contributed by atoms with Crippen LogP contribution in [0.1, 0.15) is 44.2 Å².